The van der Waals surface area contributed by atoms with Crippen LogP contribution in [-0.2, 0) is 24.2 Å². The van der Waals surface area contributed by atoms with Crippen molar-refractivity contribution in [3.05, 3.63) is 0 Å². The van der Waals surface area contributed by atoms with Gasteiger partial charge in [0.1, 0.15) is 6.34 Å². The van der Waals surface area contributed by atoms with Gasteiger partial charge in [0.05, 0.1) is 51.8 Å². The summed E-state index contributed by atoms with van der Waals surface area (Å²) >= 11 is 0. The van der Waals surface area contributed by atoms with E-state index in [1.807, 2.05) is 0 Å². The number of hydroxylamine groups is 10. The van der Waals surface area contributed by atoms with Crippen molar-refractivity contribution in [3.8, 4) is 0 Å². The number of aliphatic imine (C=N–C) groups is 4. The number of guanidine groups is 4. The molecule has 0 spiro atoms. The first kappa shape index (κ1) is 123. The molecule has 0 atom stereocenters. The second-order valence-electron chi connectivity index (χ2n) is 48.3. The summed E-state index contributed by atoms with van der Waals surface area (Å²) in [6.07, 6.45) is 37.0. The zero-order valence-electron chi connectivity index (χ0n) is 96.7. The zero-order valence-corrected chi connectivity index (χ0v) is 96.7. The number of unbranched alkanes of at least 4 members (excludes halogenated alkanes) is 12. The highest BCUT2D eigenvalue weighted by atomic mass is 16.7. The lowest BCUT2D eigenvalue weighted by atomic mass is 9.77. The lowest BCUT2D eigenvalue weighted by Crippen LogP contribution is -2.70. The number of nitrogens with zero attached hydrogens (tertiary/aromatic N) is 21. The molecule has 0 unspecified atom stereocenters. The van der Waals surface area contributed by atoms with Crippen LogP contribution < -0.4 is 20.4 Å². The number of hydrazine groups is 1. The third-order valence-corrected chi connectivity index (χ3v) is 29.5. The molecule has 6 rings (SSSR count). The Morgan fingerprint density at radius 2 is 0.619 bits per heavy atom. The number of rotatable bonds is 61. The maximum Gasteiger partial charge on any atom is 0.244 e. The molecule has 28 nitrogen and oxygen atoms in total. The van der Waals surface area contributed by atoms with Gasteiger partial charge in [-0.2, -0.15) is 50.3 Å². The van der Waals surface area contributed by atoms with Crippen LogP contribution in [0.4, 0.5) is 17.8 Å². The smallest absolute Gasteiger partial charge is 0.244 e. The van der Waals surface area contributed by atoms with Crippen molar-refractivity contribution >= 4 is 48.0 Å². The molecule has 0 aliphatic carbocycles. The van der Waals surface area contributed by atoms with E-state index in [2.05, 4.69) is 311 Å². The van der Waals surface area contributed by atoms with Crippen molar-refractivity contribution in [3.63, 3.8) is 0 Å². The molecular formula is C111H219N23O5. The molecule has 0 radical (unpaired) electrons. The fourth-order valence-corrected chi connectivity index (χ4v) is 23.9. The molecule has 5 aliphatic rings. The molecule has 5 saturated heterocycles. The van der Waals surface area contributed by atoms with Crippen LogP contribution in [0.5, 0.6) is 0 Å². The molecule has 0 amide bonds. The fraction of sp³-hybridized carbons (Fsp3) is 0.928. The van der Waals surface area contributed by atoms with E-state index in [9.17, 15) is 5.41 Å². The summed E-state index contributed by atoms with van der Waals surface area (Å²) in [6.45, 7) is 91.7. The van der Waals surface area contributed by atoms with Gasteiger partial charge in [-0.1, -0.05) is 168 Å². The Labute approximate surface area is 853 Å². The van der Waals surface area contributed by atoms with Crippen LogP contribution in [-0.4, -0.2) is 297 Å². The third kappa shape index (κ3) is 36.0. The van der Waals surface area contributed by atoms with Crippen molar-refractivity contribution in [2.45, 2.75) is 559 Å². The number of hydrogen-bond acceptors (Lipinski definition) is 19. The van der Waals surface area contributed by atoms with Crippen molar-refractivity contribution in [2.75, 3.05) is 126 Å². The Balaban J connectivity index is 1.77. The summed E-state index contributed by atoms with van der Waals surface area (Å²) in [6, 6.07) is -0.249. The number of hydrogen-bond donors (Lipinski definition) is 2. The largest absolute Gasteiger partial charge is 0.369 e. The van der Waals surface area contributed by atoms with Crippen LogP contribution in [0.1, 0.15) is 473 Å². The van der Waals surface area contributed by atoms with Crippen LogP contribution in [0.3, 0.4) is 0 Å². The van der Waals surface area contributed by atoms with E-state index in [0.29, 0.717) is 89.8 Å². The fourth-order valence-electron chi connectivity index (χ4n) is 23.9. The Hall–Kier alpha value is -4.88. The lowest BCUT2D eigenvalue weighted by molar-refractivity contribution is -0.297. The van der Waals surface area contributed by atoms with E-state index in [1.165, 1.54) is 0 Å². The third-order valence-electron chi connectivity index (χ3n) is 29.5. The number of anilines is 3. The molecule has 139 heavy (non-hydrogen) atoms. The zero-order chi connectivity index (χ0) is 103. The highest BCUT2D eigenvalue weighted by Gasteiger charge is 2.56. The molecular weight excluding hydrogens is 1740 g/mol. The van der Waals surface area contributed by atoms with E-state index in [0.717, 1.165) is 295 Å². The van der Waals surface area contributed by atoms with Gasteiger partial charge >= 0.3 is 0 Å². The Bertz CT molecular complexity index is 3590. The number of nitrogens with one attached hydrogen (secondary N) is 1. The van der Waals surface area contributed by atoms with Gasteiger partial charge in [-0.15, -0.1) is 0 Å². The molecule has 0 bridgehead atoms. The molecule has 6 heterocycles. The predicted molar refractivity (Wildman–Crippen MR) is 588 cm³/mol. The van der Waals surface area contributed by atoms with Gasteiger partial charge in [-0.05, 0) is 305 Å². The Morgan fingerprint density at radius 1 is 0.324 bits per heavy atom. The van der Waals surface area contributed by atoms with Gasteiger partial charge in [-0.25, -0.2) is 15.0 Å². The Morgan fingerprint density at radius 3 is 0.964 bits per heavy atom. The lowest BCUT2D eigenvalue weighted by Gasteiger charge is -2.59. The van der Waals surface area contributed by atoms with Crippen LogP contribution >= 0.6 is 0 Å². The summed E-state index contributed by atoms with van der Waals surface area (Å²) in [4.78, 5) is 93.3. The summed E-state index contributed by atoms with van der Waals surface area (Å²) in [5.41, 5.74) is 4.39. The first-order valence-electron chi connectivity index (χ1n) is 57.0. The topological polar surface area (TPSA) is 229 Å². The maximum absolute atomic E-state index is 10.2. The molecule has 0 saturated carbocycles. The monoisotopic (exact) mass is 1950 g/mol. The highest BCUT2D eigenvalue weighted by Crippen LogP contribution is 2.49. The second-order valence-corrected chi connectivity index (χ2v) is 48.3. The van der Waals surface area contributed by atoms with Crippen LogP contribution in [0.25, 0.3) is 0 Å². The number of nitrogens with two attached hydrogens (primary N) is 1. The van der Waals surface area contributed by atoms with E-state index >= 15 is 0 Å². The average molecular weight is 1960 g/mol. The van der Waals surface area contributed by atoms with Gasteiger partial charge in [0.25, 0.3) is 0 Å². The van der Waals surface area contributed by atoms with Gasteiger partial charge < -0.3 is 35.1 Å². The quantitative estimate of drug-likeness (QED) is 0.0267. The van der Waals surface area contributed by atoms with Gasteiger partial charge in [0.15, 0.2) is 5.96 Å². The minimum Gasteiger partial charge on any atom is -0.369 e. The summed E-state index contributed by atoms with van der Waals surface area (Å²) in [5, 5.41) is 26.9. The summed E-state index contributed by atoms with van der Waals surface area (Å²) in [5.74, 6) is 4.29. The maximum atomic E-state index is 10.2. The molecule has 5 aliphatic heterocycles. The van der Waals surface area contributed by atoms with E-state index < -0.39 is 22.2 Å². The van der Waals surface area contributed by atoms with Crippen LogP contribution in [0.15, 0.2) is 20.0 Å². The minimum absolute atomic E-state index is 0.00524. The minimum atomic E-state index is -0.511. The number of aromatic nitrogens is 3. The Kier molecular flexibility index (Phi) is 51.3. The van der Waals surface area contributed by atoms with Crippen molar-refractivity contribution < 1.29 is 24.2 Å². The summed E-state index contributed by atoms with van der Waals surface area (Å²) < 4.78 is 0. The normalized spacial score (nSPS) is 20.8. The SMILES string of the molecule is CCCCN(CCCC)C(=N)/N=C(\N=C\N(C1CC(C)(C)N(OCCC)C(C)(C)C1)N(C(/N=C(\N)N(CCCC)C1CC(C)(C)N(OCCC)C(C)(C)C1)=N/CN(CCCCCCN(c1nc(N(CCCC)CCCC)nc(N(CCCC)CCCC)n1)C1CC(C)(C)N(OCCC)C(C)(C)C1)C1CC(C)(C)N(OCCC)C(C)(C)C1)C1CC(C)(C)N(OCCC)C(C)(C)C1)N(CCCC)CCCC. The molecule has 808 valence electrons. The molecule has 3 N–H and O–H groups in total. The van der Waals surface area contributed by atoms with E-state index in [4.69, 9.17) is 64.8 Å². The van der Waals surface area contributed by atoms with Crippen molar-refractivity contribution in [1.82, 2.24) is 69.9 Å². The standard InChI is InChI=1S/C111H219N23O5/c1-35-49-62-121(63-50-36-2)95(112)116-97(122(64-51-37-3)65-52-38-4)115-89-128(93-84-108(27,28)133(138-76-47-13)109(29,30)85-93)129(94-86-110(31,32)134(139-77-48-14)111(33,34)87-94)98(117-96(113)126(71-57-43-9)91-80-104(19,20)131(136-74-45-11)105(21,22)81-91)114-88-125(90-78-102(15,16)130(135-73-44-10)103(17,18)79-90)70-60-58-59-61-72-127(92-82-106(23,24)132(137-75-46-12)107(25,26)83-92)101-119-99(123(66-53-39-5)67-54-40-6)118-100(120-101)124(68-55-41-7)69-56-42-8/h89-94,112H,35-88H2,1-34H3,(H2,113,114,117)/b112-95?,115-89+,116-97+. The highest BCUT2D eigenvalue weighted by molar-refractivity contribution is 5.98. The molecule has 1 aromatic heterocycles. The van der Waals surface area contributed by atoms with Gasteiger partial charge in [0, 0.05) is 146 Å². The van der Waals surface area contributed by atoms with Crippen LogP contribution in [0, 0.1) is 5.41 Å². The second kappa shape index (κ2) is 58.0. The van der Waals surface area contributed by atoms with Crippen LogP contribution in [0.2, 0.25) is 0 Å². The first-order valence-corrected chi connectivity index (χ1v) is 57.0. The van der Waals surface area contributed by atoms with Gasteiger partial charge in [0.2, 0.25) is 35.7 Å². The first-order chi connectivity index (χ1) is 65.6. The molecule has 0 aromatic carbocycles. The van der Waals surface area contributed by atoms with Crippen molar-refractivity contribution in [1.29, 1.82) is 5.41 Å². The van der Waals surface area contributed by atoms with E-state index in [1.54, 1.807) is 0 Å². The molecule has 28 heteroatoms. The molecule has 1 aromatic rings. The van der Waals surface area contributed by atoms with Crippen molar-refractivity contribution in [2.24, 2.45) is 25.7 Å². The molecule has 5 fully saturated rings. The average Bonchev–Trinajstić information content (AvgIpc) is 0.716. The van der Waals surface area contributed by atoms with E-state index in [-0.39, 0.29) is 69.4 Å². The van der Waals surface area contributed by atoms with Gasteiger partial charge in [-0.3, -0.25) is 39.5 Å². The number of piperidine rings is 5. The predicted octanol–water partition coefficient (Wildman–Crippen LogP) is 24.5. The summed E-state index contributed by atoms with van der Waals surface area (Å²) in [7, 11) is 0.